The first-order chi connectivity index (χ1) is 11.7. The van der Waals surface area contributed by atoms with Gasteiger partial charge in [0.15, 0.2) is 0 Å². The van der Waals surface area contributed by atoms with Gasteiger partial charge in [-0.15, -0.1) is 12.4 Å². The van der Waals surface area contributed by atoms with Gasteiger partial charge in [0.2, 0.25) is 0 Å². The monoisotopic (exact) mass is 539 g/mol. The normalized spacial score (nSPS) is 10.7. The second-order valence-electron chi connectivity index (χ2n) is 4.73. The minimum Gasteiger partial charge on any atom is -0.147 e. The van der Waals surface area contributed by atoms with Crippen molar-refractivity contribution in [2.75, 3.05) is 0 Å². The number of halogens is 3. The fourth-order valence-corrected chi connectivity index (χ4v) is 7.22. The van der Waals surface area contributed by atoms with Crippen molar-refractivity contribution in [2.24, 2.45) is 0 Å². The largest absolute Gasteiger partial charge is 0.147 e. The molecule has 2 nitrogen and oxygen atoms in total. The molecule has 3 aromatic rings. The molecule has 0 spiro atoms. The van der Waals surface area contributed by atoms with Gasteiger partial charge in [-0.2, -0.15) is 0 Å². The molecule has 1 unspecified atom stereocenters. The molecule has 0 radical (unpaired) electrons. The zero-order valence-corrected chi connectivity index (χ0v) is 19.2. The summed E-state index contributed by atoms with van der Waals surface area (Å²) < 4.78 is 14.4. The summed E-state index contributed by atoms with van der Waals surface area (Å²) in [5.41, 5.74) is 0. The van der Waals surface area contributed by atoms with Crippen LogP contribution in [0.4, 0.5) is 0 Å². The average molecular weight is 542 g/mol. The van der Waals surface area contributed by atoms with Gasteiger partial charge in [0.1, 0.15) is 0 Å². The molecule has 1 atom stereocenters. The topological polar surface area (TPSA) is 18.5 Å². The van der Waals surface area contributed by atoms with Gasteiger partial charge < -0.3 is 0 Å². The molecule has 0 saturated heterocycles. The summed E-state index contributed by atoms with van der Waals surface area (Å²) in [6.45, 7) is 0. The summed E-state index contributed by atoms with van der Waals surface area (Å²) >= 11 is 5.24. The molecular weight excluding hydrogens is 526 g/mol. The number of hydrogen-bond acceptors (Lipinski definition) is 2. The van der Waals surface area contributed by atoms with Crippen molar-refractivity contribution in [3.63, 3.8) is 0 Å². The first-order valence-corrected chi connectivity index (χ1v) is 12.6. The molecule has 0 aromatic heterocycles. The Balaban J connectivity index is 0.00000225. The molecule has 0 amide bonds. The number of rotatable bonds is 6. The van der Waals surface area contributed by atoms with Crippen molar-refractivity contribution in [3.05, 3.63) is 87.8 Å². The zero-order chi connectivity index (χ0) is 16.8. The third-order valence-electron chi connectivity index (χ3n) is 2.98. The SMILES string of the molecule is Brc1ccccc1[O][Cr]([O]c1ccccc1Br)[PH]c1ccccc1.Cl. The average Bonchev–Trinajstić information content (AvgIpc) is 2.60. The van der Waals surface area contributed by atoms with Crippen LogP contribution in [0.5, 0.6) is 11.5 Å². The van der Waals surface area contributed by atoms with E-state index < -0.39 is 14.4 Å². The molecule has 0 bridgehead atoms. The van der Waals surface area contributed by atoms with E-state index in [9.17, 15) is 0 Å². The summed E-state index contributed by atoms with van der Waals surface area (Å²) in [5, 5.41) is 1.24. The van der Waals surface area contributed by atoms with Crippen LogP contribution in [0.1, 0.15) is 0 Å². The Morgan fingerprint density at radius 3 is 1.56 bits per heavy atom. The predicted octanol–water partition coefficient (Wildman–Crippen LogP) is 6.46. The molecule has 25 heavy (non-hydrogen) atoms. The second-order valence-corrected chi connectivity index (χ2v) is 10.8. The van der Waals surface area contributed by atoms with Crippen molar-refractivity contribution >= 4 is 56.8 Å². The number of para-hydroxylation sites is 2. The molecular formula is C18H15Br2ClCrO2P. The Kier molecular flexibility index (Phi) is 8.79. The second kappa shape index (κ2) is 10.6. The van der Waals surface area contributed by atoms with Gasteiger partial charge in [-0.05, 0) is 0 Å². The van der Waals surface area contributed by atoms with Crippen LogP contribution in [0.2, 0.25) is 0 Å². The van der Waals surface area contributed by atoms with Crippen LogP contribution in [-0.4, -0.2) is 0 Å². The van der Waals surface area contributed by atoms with Crippen molar-refractivity contribution < 1.29 is 21.9 Å². The summed E-state index contributed by atoms with van der Waals surface area (Å²) in [6, 6.07) is 26.1. The quantitative estimate of drug-likeness (QED) is 0.334. The summed E-state index contributed by atoms with van der Waals surface area (Å²) in [4.78, 5) is 0. The van der Waals surface area contributed by atoms with Gasteiger partial charge in [0.05, 0.1) is 0 Å². The van der Waals surface area contributed by atoms with E-state index in [1.807, 2.05) is 66.7 Å². The van der Waals surface area contributed by atoms with Crippen LogP contribution in [0, 0.1) is 0 Å². The fourth-order valence-electron chi connectivity index (χ4n) is 1.85. The van der Waals surface area contributed by atoms with Gasteiger partial charge in [-0.1, -0.05) is 0 Å². The van der Waals surface area contributed by atoms with Crippen LogP contribution in [0.3, 0.4) is 0 Å². The van der Waals surface area contributed by atoms with Gasteiger partial charge in [-0.25, -0.2) is 0 Å². The molecule has 0 heterocycles. The Bertz CT molecular complexity index is 760. The van der Waals surface area contributed by atoms with Gasteiger partial charge >= 0.3 is 166 Å². The van der Waals surface area contributed by atoms with Crippen molar-refractivity contribution in [1.82, 2.24) is 0 Å². The summed E-state index contributed by atoms with van der Waals surface area (Å²) in [6.07, 6.45) is 0. The molecule has 3 aromatic carbocycles. The maximum Gasteiger partial charge on any atom is -0.147 e. The molecule has 0 aliphatic rings. The predicted molar refractivity (Wildman–Crippen MR) is 111 cm³/mol. The summed E-state index contributed by atoms with van der Waals surface area (Å²) in [5.74, 6) is 1.64. The molecule has 3 rings (SSSR count). The Labute approximate surface area is 177 Å². The van der Waals surface area contributed by atoms with Crippen LogP contribution >= 0.6 is 51.5 Å². The molecule has 0 aliphatic heterocycles. The van der Waals surface area contributed by atoms with E-state index in [1.54, 1.807) is 0 Å². The fraction of sp³-hybridized carbons (Fsp3) is 0. The van der Waals surface area contributed by atoms with E-state index in [0.717, 1.165) is 20.4 Å². The van der Waals surface area contributed by atoms with Gasteiger partial charge in [0.25, 0.3) is 0 Å². The minimum absolute atomic E-state index is 0. The van der Waals surface area contributed by atoms with E-state index in [-0.39, 0.29) is 12.4 Å². The maximum absolute atomic E-state index is 6.26. The van der Waals surface area contributed by atoms with Crippen molar-refractivity contribution in [1.29, 1.82) is 0 Å². The van der Waals surface area contributed by atoms with Crippen LogP contribution in [-0.2, 0) is 14.4 Å². The van der Waals surface area contributed by atoms with Crippen LogP contribution in [0.25, 0.3) is 0 Å². The van der Waals surface area contributed by atoms with Crippen molar-refractivity contribution in [2.45, 2.75) is 0 Å². The summed E-state index contributed by atoms with van der Waals surface area (Å²) in [7, 11) is 0.478. The molecule has 131 valence electrons. The first kappa shape index (κ1) is 20.8. The molecule has 0 fully saturated rings. The van der Waals surface area contributed by atoms with Gasteiger partial charge in [0, 0.05) is 0 Å². The minimum atomic E-state index is -1.84. The molecule has 0 aliphatic carbocycles. The van der Waals surface area contributed by atoms with E-state index in [1.165, 1.54) is 5.30 Å². The smallest absolute Gasteiger partial charge is 0.147 e. The van der Waals surface area contributed by atoms with E-state index in [4.69, 9.17) is 7.58 Å². The van der Waals surface area contributed by atoms with Gasteiger partial charge in [-0.3, -0.25) is 0 Å². The Hall–Kier alpha value is -0.528. The Morgan fingerprint density at radius 1 is 0.640 bits per heavy atom. The molecule has 7 heteroatoms. The van der Waals surface area contributed by atoms with Crippen LogP contribution in [0.15, 0.2) is 87.8 Å². The molecule has 0 saturated carbocycles. The number of benzene rings is 3. The van der Waals surface area contributed by atoms with E-state index >= 15 is 0 Å². The van der Waals surface area contributed by atoms with E-state index in [2.05, 4.69) is 44.0 Å². The maximum atomic E-state index is 6.26. The third kappa shape index (κ3) is 6.29. The molecule has 0 N–H and O–H groups in total. The standard InChI is InChI=1S/2C6H5BrO.C6H6P.ClH.Cr/c2*7-5-3-1-2-4-6(5)8;7-6-4-2-1-3-5-6;;/h2*1-4,8H;1-5,7H;1H;/q;;-1;;+3/p-2. The number of hydrogen-bond donors (Lipinski definition) is 0. The third-order valence-corrected chi connectivity index (χ3v) is 8.63. The zero-order valence-electron chi connectivity index (χ0n) is 12.9. The Morgan fingerprint density at radius 2 is 1.08 bits per heavy atom. The van der Waals surface area contributed by atoms with Crippen molar-refractivity contribution in [3.8, 4) is 11.5 Å². The van der Waals surface area contributed by atoms with Crippen LogP contribution < -0.4 is 12.9 Å². The first-order valence-electron chi connectivity index (χ1n) is 7.14. The van der Waals surface area contributed by atoms with E-state index in [0.29, 0.717) is 7.23 Å².